The van der Waals surface area contributed by atoms with E-state index in [1.165, 1.54) is 0 Å². The molecule has 1 fully saturated rings. The molecule has 1 aliphatic rings. The number of amides is 1. The molecule has 1 saturated heterocycles. The van der Waals surface area contributed by atoms with Gasteiger partial charge in [-0.25, -0.2) is 4.68 Å². The van der Waals surface area contributed by atoms with Crippen LogP contribution in [-0.4, -0.2) is 45.4 Å². The van der Waals surface area contributed by atoms with Crippen LogP contribution < -0.4 is 0 Å². The van der Waals surface area contributed by atoms with Crippen molar-refractivity contribution in [2.24, 2.45) is 5.92 Å². The van der Waals surface area contributed by atoms with Crippen LogP contribution in [0.25, 0.3) is 5.69 Å². The Kier molecular flexibility index (Phi) is 4.53. The van der Waals surface area contributed by atoms with Gasteiger partial charge in [-0.05, 0) is 42.5 Å². The summed E-state index contributed by atoms with van der Waals surface area (Å²) in [4.78, 5) is 14.3. The van der Waals surface area contributed by atoms with E-state index in [2.05, 4.69) is 5.10 Å². The first-order chi connectivity index (χ1) is 10.8. The fourth-order valence-corrected chi connectivity index (χ4v) is 2.92. The van der Waals surface area contributed by atoms with E-state index in [4.69, 9.17) is 0 Å². The Balaban J connectivity index is 1.62. The van der Waals surface area contributed by atoms with Crippen LogP contribution in [0.15, 0.2) is 42.7 Å². The van der Waals surface area contributed by atoms with Crippen molar-refractivity contribution in [2.45, 2.75) is 19.3 Å². The van der Waals surface area contributed by atoms with E-state index in [0.717, 1.165) is 30.6 Å². The molecule has 5 nitrogen and oxygen atoms in total. The highest BCUT2D eigenvalue weighted by molar-refractivity contribution is 5.79. The molecule has 2 heterocycles. The summed E-state index contributed by atoms with van der Waals surface area (Å²) in [7, 11) is 0. The highest BCUT2D eigenvalue weighted by Crippen LogP contribution is 2.17. The molecule has 1 aromatic heterocycles. The average Bonchev–Trinajstić information content (AvgIpc) is 3.10. The minimum atomic E-state index is 0.144. The van der Waals surface area contributed by atoms with Crippen LogP contribution in [0.2, 0.25) is 0 Å². The molecule has 0 spiro atoms. The molecule has 2 aromatic rings. The summed E-state index contributed by atoms with van der Waals surface area (Å²) in [5, 5.41) is 13.4. The van der Waals surface area contributed by atoms with Crippen LogP contribution >= 0.6 is 0 Å². The van der Waals surface area contributed by atoms with Crippen molar-refractivity contribution in [3.63, 3.8) is 0 Å². The van der Waals surface area contributed by atoms with Gasteiger partial charge in [0, 0.05) is 32.1 Å². The third kappa shape index (κ3) is 3.36. The zero-order valence-corrected chi connectivity index (χ0v) is 12.6. The molecule has 1 atom stereocenters. The Morgan fingerprint density at radius 1 is 1.32 bits per heavy atom. The zero-order chi connectivity index (χ0) is 15.4. The minimum Gasteiger partial charge on any atom is -0.396 e. The lowest BCUT2D eigenvalue weighted by atomic mass is 9.98. The number of hydrogen-bond donors (Lipinski definition) is 1. The van der Waals surface area contributed by atoms with Gasteiger partial charge in [-0.1, -0.05) is 12.1 Å². The third-order valence-corrected chi connectivity index (χ3v) is 4.19. The Morgan fingerprint density at radius 2 is 2.14 bits per heavy atom. The van der Waals surface area contributed by atoms with Crippen molar-refractivity contribution >= 4 is 5.91 Å². The SMILES string of the molecule is O=C(Cc1ccc(-n2cccn2)cc1)N1CCCC(CO)C1. The van der Waals surface area contributed by atoms with Crippen LogP contribution in [0.5, 0.6) is 0 Å². The van der Waals surface area contributed by atoms with E-state index < -0.39 is 0 Å². The molecule has 1 aromatic carbocycles. The minimum absolute atomic E-state index is 0.144. The highest BCUT2D eigenvalue weighted by atomic mass is 16.3. The zero-order valence-electron chi connectivity index (χ0n) is 12.6. The van der Waals surface area contributed by atoms with Crippen LogP contribution in [-0.2, 0) is 11.2 Å². The lowest BCUT2D eigenvalue weighted by Gasteiger charge is -2.32. The number of nitrogens with zero attached hydrogens (tertiary/aromatic N) is 3. The molecule has 0 saturated carbocycles. The van der Waals surface area contributed by atoms with Crippen molar-refractivity contribution in [1.29, 1.82) is 0 Å². The van der Waals surface area contributed by atoms with Gasteiger partial charge in [0.1, 0.15) is 0 Å². The van der Waals surface area contributed by atoms with Gasteiger partial charge in [-0.2, -0.15) is 5.10 Å². The van der Waals surface area contributed by atoms with E-state index in [9.17, 15) is 9.90 Å². The number of hydrogen-bond acceptors (Lipinski definition) is 3. The lowest BCUT2D eigenvalue weighted by Crippen LogP contribution is -2.41. The average molecular weight is 299 g/mol. The fourth-order valence-electron chi connectivity index (χ4n) is 2.92. The van der Waals surface area contributed by atoms with Gasteiger partial charge in [-0.15, -0.1) is 0 Å². The second-order valence-electron chi connectivity index (χ2n) is 5.82. The number of aliphatic hydroxyl groups is 1. The second-order valence-corrected chi connectivity index (χ2v) is 5.82. The predicted octanol–water partition coefficient (Wildman–Crippen LogP) is 1.65. The third-order valence-electron chi connectivity index (χ3n) is 4.19. The molecule has 116 valence electrons. The van der Waals surface area contributed by atoms with Crippen molar-refractivity contribution in [1.82, 2.24) is 14.7 Å². The summed E-state index contributed by atoms with van der Waals surface area (Å²) in [6.07, 6.45) is 6.04. The van der Waals surface area contributed by atoms with Crippen molar-refractivity contribution in [3.05, 3.63) is 48.3 Å². The Bertz CT molecular complexity index is 607. The maximum Gasteiger partial charge on any atom is 0.226 e. The smallest absolute Gasteiger partial charge is 0.226 e. The molecule has 22 heavy (non-hydrogen) atoms. The van der Waals surface area contributed by atoms with Gasteiger partial charge in [0.25, 0.3) is 0 Å². The molecule has 0 bridgehead atoms. The van der Waals surface area contributed by atoms with Crippen molar-refractivity contribution < 1.29 is 9.90 Å². The Morgan fingerprint density at radius 3 is 2.82 bits per heavy atom. The van der Waals surface area contributed by atoms with Crippen LogP contribution in [0, 0.1) is 5.92 Å². The number of likely N-dealkylation sites (tertiary alicyclic amines) is 1. The van der Waals surface area contributed by atoms with E-state index >= 15 is 0 Å². The van der Waals surface area contributed by atoms with Gasteiger partial charge in [-0.3, -0.25) is 4.79 Å². The summed E-state index contributed by atoms with van der Waals surface area (Å²) in [6, 6.07) is 9.78. The lowest BCUT2D eigenvalue weighted by molar-refractivity contribution is -0.132. The predicted molar refractivity (Wildman–Crippen MR) is 83.7 cm³/mol. The number of aliphatic hydroxyl groups excluding tert-OH is 1. The number of benzene rings is 1. The van der Waals surface area contributed by atoms with Gasteiger partial charge < -0.3 is 10.0 Å². The molecule has 1 unspecified atom stereocenters. The Hall–Kier alpha value is -2.14. The summed E-state index contributed by atoms with van der Waals surface area (Å²) in [5.41, 5.74) is 1.99. The molecule has 5 heteroatoms. The molecule has 1 aliphatic heterocycles. The molecule has 3 rings (SSSR count). The van der Waals surface area contributed by atoms with Crippen molar-refractivity contribution in [2.75, 3.05) is 19.7 Å². The van der Waals surface area contributed by atoms with Gasteiger partial charge in [0.15, 0.2) is 0 Å². The largest absolute Gasteiger partial charge is 0.396 e. The Labute approximate surface area is 130 Å². The summed E-state index contributed by atoms with van der Waals surface area (Å²) in [5.74, 6) is 0.380. The molecular formula is C17H21N3O2. The second kappa shape index (κ2) is 6.75. The number of aromatic nitrogens is 2. The maximum atomic E-state index is 12.4. The highest BCUT2D eigenvalue weighted by Gasteiger charge is 2.22. The van der Waals surface area contributed by atoms with Gasteiger partial charge in [0.2, 0.25) is 5.91 Å². The first-order valence-electron chi connectivity index (χ1n) is 7.74. The normalized spacial score (nSPS) is 18.4. The summed E-state index contributed by atoms with van der Waals surface area (Å²) >= 11 is 0. The van der Waals surface area contributed by atoms with E-state index in [-0.39, 0.29) is 18.4 Å². The number of carbonyl (C=O) groups is 1. The number of rotatable bonds is 4. The first kappa shape index (κ1) is 14.8. The topological polar surface area (TPSA) is 58.4 Å². The van der Waals surface area contributed by atoms with Crippen molar-refractivity contribution in [3.8, 4) is 5.69 Å². The summed E-state index contributed by atoms with van der Waals surface area (Å²) < 4.78 is 1.79. The monoisotopic (exact) mass is 299 g/mol. The molecular weight excluding hydrogens is 278 g/mol. The molecule has 1 N–H and O–H groups in total. The van der Waals surface area contributed by atoms with Crippen LogP contribution in [0.4, 0.5) is 0 Å². The van der Waals surface area contributed by atoms with Gasteiger partial charge in [0.05, 0.1) is 12.1 Å². The van der Waals surface area contributed by atoms with Gasteiger partial charge >= 0.3 is 0 Å². The standard InChI is InChI=1S/C17H21N3O2/c21-13-15-3-1-9-19(12-15)17(22)11-14-4-6-16(7-5-14)20-10-2-8-18-20/h2,4-8,10,15,21H,1,3,9,11-13H2. The molecule has 1 amide bonds. The number of piperidine rings is 1. The van der Waals surface area contributed by atoms with E-state index in [0.29, 0.717) is 13.0 Å². The maximum absolute atomic E-state index is 12.4. The molecule has 0 aliphatic carbocycles. The first-order valence-corrected chi connectivity index (χ1v) is 7.74. The van der Waals surface area contributed by atoms with Crippen LogP contribution in [0.3, 0.4) is 0 Å². The number of carbonyl (C=O) groups excluding carboxylic acids is 1. The quantitative estimate of drug-likeness (QED) is 0.934. The van der Waals surface area contributed by atoms with Crippen LogP contribution in [0.1, 0.15) is 18.4 Å². The van der Waals surface area contributed by atoms with E-state index in [1.54, 1.807) is 10.9 Å². The molecule has 0 radical (unpaired) electrons. The van der Waals surface area contributed by atoms with E-state index in [1.807, 2.05) is 41.4 Å². The fraction of sp³-hybridized carbons (Fsp3) is 0.412. The summed E-state index contributed by atoms with van der Waals surface area (Å²) in [6.45, 7) is 1.66.